The van der Waals surface area contributed by atoms with Gasteiger partial charge in [-0.3, -0.25) is 5.73 Å². The van der Waals surface area contributed by atoms with Crippen molar-refractivity contribution in [2.45, 2.75) is 5.06 Å². The van der Waals surface area contributed by atoms with E-state index in [0.717, 1.165) is 16.2 Å². The lowest BCUT2D eigenvalue weighted by molar-refractivity contribution is 0.150. The van der Waals surface area contributed by atoms with Crippen LogP contribution < -0.4 is 5.73 Å². The molecule has 0 aliphatic heterocycles. The topological polar surface area (TPSA) is 46.2 Å². The van der Waals surface area contributed by atoms with Crippen LogP contribution in [0.4, 0.5) is 0 Å². The van der Waals surface area contributed by atoms with Gasteiger partial charge < -0.3 is 5.11 Å². The molecular formula is C17H13NOS. The van der Waals surface area contributed by atoms with E-state index in [-0.39, 0.29) is 0 Å². The first-order valence-corrected chi connectivity index (χ1v) is 6.91. The summed E-state index contributed by atoms with van der Waals surface area (Å²) in [6, 6.07) is 18.4. The minimum atomic E-state index is -1.64. The molecule has 4 rings (SSSR count). The van der Waals surface area contributed by atoms with E-state index in [4.69, 9.17) is 5.73 Å². The summed E-state index contributed by atoms with van der Waals surface area (Å²) >= 11 is 4.11. The Morgan fingerprint density at radius 1 is 0.800 bits per heavy atom. The Bertz CT molecular complexity index is 924. The number of aliphatic hydroxyl groups is 1. The van der Waals surface area contributed by atoms with E-state index in [2.05, 4.69) is 49.0 Å². The van der Waals surface area contributed by atoms with Crippen molar-refractivity contribution in [3.8, 4) is 0 Å². The fourth-order valence-electron chi connectivity index (χ4n) is 3.06. The first kappa shape index (κ1) is 12.0. The second-order valence-corrected chi connectivity index (χ2v) is 5.88. The largest absolute Gasteiger partial charge is 0.363 e. The third-order valence-corrected chi connectivity index (χ3v) is 4.17. The number of hydrogen-bond donors (Lipinski definition) is 3. The van der Waals surface area contributed by atoms with Gasteiger partial charge in [0.15, 0.2) is 5.06 Å². The van der Waals surface area contributed by atoms with Crippen LogP contribution in [0.3, 0.4) is 0 Å². The third kappa shape index (κ3) is 1.54. The van der Waals surface area contributed by atoms with Crippen molar-refractivity contribution < 1.29 is 5.11 Å². The van der Waals surface area contributed by atoms with Gasteiger partial charge >= 0.3 is 0 Å². The van der Waals surface area contributed by atoms with Gasteiger partial charge in [0.1, 0.15) is 0 Å². The normalized spacial score (nSPS) is 15.2. The molecule has 0 fully saturated rings. The van der Waals surface area contributed by atoms with E-state index >= 15 is 0 Å². The molecule has 3 heteroatoms. The standard InChI is InChI=1S/C17H13NOS/c18-17(19,20)14-9-7-12-5-4-10-2-1-3-11-6-8-13(14)16(12)15(10)11/h1-9,19-20H,18H2/t17-/m0/s1. The fraction of sp³-hybridized carbons (Fsp3) is 0.0588. The van der Waals surface area contributed by atoms with Crippen LogP contribution in [0.15, 0.2) is 54.6 Å². The van der Waals surface area contributed by atoms with Crippen molar-refractivity contribution in [1.29, 1.82) is 0 Å². The highest BCUT2D eigenvalue weighted by molar-refractivity contribution is 7.81. The average molecular weight is 279 g/mol. The van der Waals surface area contributed by atoms with E-state index in [0.29, 0.717) is 5.56 Å². The van der Waals surface area contributed by atoms with Gasteiger partial charge in [-0.2, -0.15) is 0 Å². The average Bonchev–Trinajstić information content (AvgIpc) is 2.43. The summed E-state index contributed by atoms with van der Waals surface area (Å²) in [5.74, 6) is 0. The summed E-state index contributed by atoms with van der Waals surface area (Å²) in [6.45, 7) is 0. The Hall–Kier alpha value is -1.81. The first-order valence-electron chi connectivity index (χ1n) is 6.46. The minimum absolute atomic E-state index is 0.631. The van der Waals surface area contributed by atoms with Crippen molar-refractivity contribution in [3.05, 3.63) is 60.2 Å². The Morgan fingerprint density at radius 3 is 2.00 bits per heavy atom. The van der Waals surface area contributed by atoms with Gasteiger partial charge in [-0.1, -0.05) is 54.6 Å². The maximum atomic E-state index is 10.1. The lowest BCUT2D eigenvalue weighted by Crippen LogP contribution is -2.29. The van der Waals surface area contributed by atoms with Crippen LogP contribution in [0.5, 0.6) is 0 Å². The fourth-order valence-corrected chi connectivity index (χ4v) is 3.25. The number of thiol groups is 1. The maximum absolute atomic E-state index is 10.1. The first-order chi connectivity index (χ1) is 9.55. The summed E-state index contributed by atoms with van der Waals surface area (Å²) in [4.78, 5) is 0. The zero-order valence-corrected chi connectivity index (χ0v) is 11.6. The molecule has 4 aromatic carbocycles. The summed E-state index contributed by atoms with van der Waals surface area (Å²) in [7, 11) is 0. The van der Waals surface area contributed by atoms with Crippen LogP contribution in [-0.4, -0.2) is 5.11 Å². The molecule has 2 nitrogen and oxygen atoms in total. The maximum Gasteiger partial charge on any atom is 0.186 e. The Labute approximate surface area is 121 Å². The molecule has 0 saturated carbocycles. The molecule has 4 aromatic rings. The van der Waals surface area contributed by atoms with Crippen molar-refractivity contribution in [1.82, 2.24) is 0 Å². The second-order valence-electron chi connectivity index (χ2n) is 5.20. The summed E-state index contributed by atoms with van der Waals surface area (Å²) < 4.78 is 0. The molecule has 3 N–H and O–H groups in total. The SMILES string of the molecule is N[C@@](O)(S)c1ccc2ccc3cccc4ccc1c2c34. The van der Waals surface area contributed by atoms with E-state index < -0.39 is 5.06 Å². The highest BCUT2D eigenvalue weighted by Gasteiger charge is 2.22. The lowest BCUT2D eigenvalue weighted by atomic mass is 9.91. The number of hydrogen-bond acceptors (Lipinski definition) is 3. The van der Waals surface area contributed by atoms with Gasteiger partial charge in [0.05, 0.1) is 0 Å². The molecule has 0 aliphatic carbocycles. The van der Waals surface area contributed by atoms with Gasteiger partial charge in [0, 0.05) is 5.56 Å². The molecule has 0 aromatic heterocycles. The van der Waals surface area contributed by atoms with E-state index in [1.54, 1.807) is 0 Å². The van der Waals surface area contributed by atoms with Crippen LogP contribution >= 0.6 is 12.6 Å². The zero-order valence-electron chi connectivity index (χ0n) is 10.7. The molecule has 0 amide bonds. The smallest absolute Gasteiger partial charge is 0.186 e. The molecule has 0 saturated heterocycles. The predicted octanol–water partition coefficient (Wildman–Crippen LogP) is 3.58. The molecule has 98 valence electrons. The molecule has 0 bridgehead atoms. The Morgan fingerprint density at radius 2 is 1.35 bits per heavy atom. The van der Waals surface area contributed by atoms with E-state index in [1.165, 1.54) is 16.2 Å². The molecule has 0 radical (unpaired) electrons. The van der Waals surface area contributed by atoms with Gasteiger partial charge in [0.2, 0.25) is 0 Å². The van der Waals surface area contributed by atoms with Crippen LogP contribution in [0, 0.1) is 0 Å². The van der Waals surface area contributed by atoms with Crippen LogP contribution in [0.2, 0.25) is 0 Å². The van der Waals surface area contributed by atoms with Gasteiger partial charge in [-0.15, -0.1) is 12.6 Å². The van der Waals surface area contributed by atoms with Crippen molar-refractivity contribution in [2.24, 2.45) is 5.73 Å². The predicted molar refractivity (Wildman–Crippen MR) is 87.2 cm³/mol. The molecule has 1 atom stereocenters. The quantitative estimate of drug-likeness (QED) is 0.283. The number of rotatable bonds is 1. The summed E-state index contributed by atoms with van der Waals surface area (Å²) in [5.41, 5.74) is 6.41. The number of nitrogens with two attached hydrogens (primary N) is 1. The molecule has 0 unspecified atom stereocenters. The zero-order chi connectivity index (χ0) is 13.9. The minimum Gasteiger partial charge on any atom is -0.363 e. The molecule has 0 heterocycles. The van der Waals surface area contributed by atoms with E-state index in [1.807, 2.05) is 18.2 Å². The van der Waals surface area contributed by atoms with Crippen LogP contribution in [0.25, 0.3) is 32.3 Å². The highest BCUT2D eigenvalue weighted by Crippen LogP contribution is 2.38. The Balaban J connectivity index is 2.32. The van der Waals surface area contributed by atoms with Crippen molar-refractivity contribution in [2.75, 3.05) is 0 Å². The van der Waals surface area contributed by atoms with E-state index in [9.17, 15) is 5.11 Å². The van der Waals surface area contributed by atoms with Gasteiger partial charge in [-0.25, -0.2) is 0 Å². The van der Waals surface area contributed by atoms with Crippen molar-refractivity contribution in [3.63, 3.8) is 0 Å². The molecule has 0 aliphatic rings. The van der Waals surface area contributed by atoms with Crippen LogP contribution in [-0.2, 0) is 5.06 Å². The molecule has 20 heavy (non-hydrogen) atoms. The second kappa shape index (κ2) is 3.85. The lowest BCUT2D eigenvalue weighted by Gasteiger charge is -2.21. The molecule has 0 spiro atoms. The van der Waals surface area contributed by atoms with Crippen molar-refractivity contribution >= 4 is 44.9 Å². The number of benzene rings is 4. The monoisotopic (exact) mass is 279 g/mol. The summed E-state index contributed by atoms with van der Waals surface area (Å²) in [6.07, 6.45) is 0. The van der Waals surface area contributed by atoms with Crippen LogP contribution in [0.1, 0.15) is 5.56 Å². The van der Waals surface area contributed by atoms with Gasteiger partial charge in [-0.05, 0) is 32.3 Å². The Kier molecular flexibility index (Phi) is 2.31. The third-order valence-electron chi connectivity index (χ3n) is 3.93. The molecular weight excluding hydrogens is 266 g/mol. The highest BCUT2D eigenvalue weighted by atomic mass is 32.1. The summed E-state index contributed by atoms with van der Waals surface area (Å²) in [5, 5.41) is 15.2. The van der Waals surface area contributed by atoms with Gasteiger partial charge in [0.25, 0.3) is 0 Å².